The minimum atomic E-state index is -0.0651. The van der Waals surface area contributed by atoms with E-state index in [4.69, 9.17) is 10.9 Å². The zero-order valence-electron chi connectivity index (χ0n) is 11.7. The highest BCUT2D eigenvalue weighted by atomic mass is 16.4. The van der Waals surface area contributed by atoms with E-state index in [1.54, 1.807) is 6.20 Å². The number of nitrogens with zero attached hydrogens (tertiary/aromatic N) is 4. The SMILES string of the molecule is Cc1ccc(N(C)c2nccnc2C(N)=NO)c(C)c1. The van der Waals surface area contributed by atoms with Crippen molar-refractivity contribution in [2.45, 2.75) is 13.8 Å². The fourth-order valence-corrected chi connectivity index (χ4v) is 2.10. The van der Waals surface area contributed by atoms with E-state index in [-0.39, 0.29) is 5.84 Å². The lowest BCUT2D eigenvalue weighted by molar-refractivity contribution is 0.318. The molecule has 0 aliphatic carbocycles. The van der Waals surface area contributed by atoms with Crippen LogP contribution in [0.1, 0.15) is 16.8 Å². The Kier molecular flexibility index (Phi) is 3.84. The van der Waals surface area contributed by atoms with Gasteiger partial charge in [-0.25, -0.2) is 9.97 Å². The number of benzene rings is 1. The first kappa shape index (κ1) is 13.8. The molecule has 20 heavy (non-hydrogen) atoms. The summed E-state index contributed by atoms with van der Waals surface area (Å²) in [7, 11) is 1.87. The average molecular weight is 271 g/mol. The molecule has 0 saturated carbocycles. The van der Waals surface area contributed by atoms with E-state index in [0.717, 1.165) is 11.3 Å². The summed E-state index contributed by atoms with van der Waals surface area (Å²) in [5.74, 6) is 0.472. The van der Waals surface area contributed by atoms with Crippen LogP contribution in [0.2, 0.25) is 0 Å². The number of amidine groups is 1. The number of hydrogen-bond donors (Lipinski definition) is 2. The second-order valence-corrected chi connectivity index (χ2v) is 4.56. The lowest BCUT2D eigenvalue weighted by Crippen LogP contribution is -2.22. The molecular weight excluding hydrogens is 254 g/mol. The molecule has 1 heterocycles. The molecule has 6 nitrogen and oxygen atoms in total. The largest absolute Gasteiger partial charge is 0.409 e. The van der Waals surface area contributed by atoms with Crippen LogP contribution in [0.4, 0.5) is 11.5 Å². The predicted molar refractivity (Wildman–Crippen MR) is 78.5 cm³/mol. The van der Waals surface area contributed by atoms with Crippen molar-refractivity contribution in [3.05, 3.63) is 47.4 Å². The summed E-state index contributed by atoms with van der Waals surface area (Å²) in [6.07, 6.45) is 3.08. The minimum absolute atomic E-state index is 0.0651. The van der Waals surface area contributed by atoms with E-state index in [1.165, 1.54) is 11.8 Å². The number of hydrogen-bond acceptors (Lipinski definition) is 5. The Morgan fingerprint density at radius 3 is 2.60 bits per heavy atom. The number of aromatic nitrogens is 2. The van der Waals surface area contributed by atoms with Crippen LogP contribution in [0, 0.1) is 13.8 Å². The molecule has 2 aromatic rings. The molecule has 0 radical (unpaired) electrons. The van der Waals surface area contributed by atoms with Crippen LogP contribution < -0.4 is 10.6 Å². The Morgan fingerprint density at radius 2 is 1.95 bits per heavy atom. The third-order valence-corrected chi connectivity index (χ3v) is 3.06. The first-order chi connectivity index (χ1) is 9.54. The monoisotopic (exact) mass is 271 g/mol. The lowest BCUT2D eigenvalue weighted by Gasteiger charge is -2.22. The Balaban J connectivity index is 2.51. The quantitative estimate of drug-likeness (QED) is 0.385. The summed E-state index contributed by atoms with van der Waals surface area (Å²) in [5, 5.41) is 11.8. The van der Waals surface area contributed by atoms with Crippen molar-refractivity contribution in [3.8, 4) is 0 Å². The molecule has 0 bridgehead atoms. The smallest absolute Gasteiger partial charge is 0.192 e. The molecule has 0 spiro atoms. The fraction of sp³-hybridized carbons (Fsp3) is 0.214. The van der Waals surface area contributed by atoms with Gasteiger partial charge in [-0.15, -0.1) is 0 Å². The van der Waals surface area contributed by atoms with Gasteiger partial charge in [0.2, 0.25) is 0 Å². The Hall–Kier alpha value is -2.63. The minimum Gasteiger partial charge on any atom is -0.409 e. The first-order valence-corrected chi connectivity index (χ1v) is 6.14. The maximum Gasteiger partial charge on any atom is 0.192 e. The highest BCUT2D eigenvalue weighted by Crippen LogP contribution is 2.27. The van der Waals surface area contributed by atoms with E-state index in [2.05, 4.69) is 21.2 Å². The van der Waals surface area contributed by atoms with Crippen molar-refractivity contribution in [2.75, 3.05) is 11.9 Å². The number of anilines is 2. The van der Waals surface area contributed by atoms with Crippen molar-refractivity contribution in [2.24, 2.45) is 10.9 Å². The molecule has 0 aliphatic heterocycles. The van der Waals surface area contributed by atoms with Crippen LogP contribution in [-0.2, 0) is 0 Å². The molecule has 0 amide bonds. The van der Waals surface area contributed by atoms with E-state index in [9.17, 15) is 0 Å². The van der Waals surface area contributed by atoms with Gasteiger partial charge in [0, 0.05) is 25.1 Å². The molecule has 2 rings (SSSR count). The van der Waals surface area contributed by atoms with Crippen molar-refractivity contribution >= 4 is 17.3 Å². The summed E-state index contributed by atoms with van der Waals surface area (Å²) < 4.78 is 0. The third kappa shape index (κ3) is 2.54. The highest BCUT2D eigenvalue weighted by Gasteiger charge is 2.16. The molecule has 0 aliphatic rings. The molecule has 3 N–H and O–H groups in total. The van der Waals surface area contributed by atoms with Crippen molar-refractivity contribution in [3.63, 3.8) is 0 Å². The highest BCUT2D eigenvalue weighted by molar-refractivity contribution is 6.00. The molecule has 1 aromatic heterocycles. The normalized spacial score (nSPS) is 11.4. The molecule has 104 valence electrons. The zero-order valence-corrected chi connectivity index (χ0v) is 11.7. The Labute approximate surface area is 117 Å². The van der Waals surface area contributed by atoms with Gasteiger partial charge in [0.15, 0.2) is 17.3 Å². The van der Waals surface area contributed by atoms with Crippen molar-refractivity contribution < 1.29 is 5.21 Å². The second kappa shape index (κ2) is 5.56. The summed E-state index contributed by atoms with van der Waals surface area (Å²) in [6.45, 7) is 4.07. The van der Waals surface area contributed by atoms with Gasteiger partial charge in [0.1, 0.15) is 0 Å². The standard InChI is InChI=1S/C14H17N5O/c1-9-4-5-11(10(2)8-9)19(3)14-12(13(15)18-20)16-6-7-17-14/h4-8,20H,1-3H3,(H2,15,18). The van der Waals surface area contributed by atoms with Gasteiger partial charge in [-0.3, -0.25) is 0 Å². The van der Waals surface area contributed by atoms with Crippen LogP contribution >= 0.6 is 0 Å². The van der Waals surface area contributed by atoms with Gasteiger partial charge in [-0.05, 0) is 25.5 Å². The van der Waals surface area contributed by atoms with E-state index in [0.29, 0.717) is 11.5 Å². The third-order valence-electron chi connectivity index (χ3n) is 3.06. The van der Waals surface area contributed by atoms with Crippen LogP contribution in [0.3, 0.4) is 0 Å². The molecule has 6 heteroatoms. The number of rotatable bonds is 3. The van der Waals surface area contributed by atoms with Gasteiger partial charge in [-0.2, -0.15) is 0 Å². The van der Waals surface area contributed by atoms with E-state index >= 15 is 0 Å². The van der Waals surface area contributed by atoms with Crippen molar-refractivity contribution in [1.29, 1.82) is 0 Å². The summed E-state index contributed by atoms with van der Waals surface area (Å²) >= 11 is 0. The number of nitrogens with two attached hydrogens (primary N) is 1. The molecule has 0 atom stereocenters. The first-order valence-electron chi connectivity index (χ1n) is 6.14. The summed E-state index contributed by atoms with van der Waals surface area (Å²) in [6, 6.07) is 6.12. The molecule has 1 aromatic carbocycles. The number of aryl methyl sites for hydroxylation is 2. The van der Waals surface area contributed by atoms with Crippen LogP contribution in [0.15, 0.2) is 35.7 Å². The maximum absolute atomic E-state index is 8.83. The molecular formula is C14H17N5O. The zero-order chi connectivity index (χ0) is 14.7. The fourth-order valence-electron chi connectivity index (χ4n) is 2.10. The molecule has 0 unspecified atom stereocenters. The summed E-state index contributed by atoms with van der Waals surface area (Å²) in [5.41, 5.74) is 9.28. The second-order valence-electron chi connectivity index (χ2n) is 4.56. The van der Waals surface area contributed by atoms with Gasteiger partial charge < -0.3 is 15.8 Å². The topological polar surface area (TPSA) is 87.6 Å². The van der Waals surface area contributed by atoms with Gasteiger partial charge >= 0.3 is 0 Å². The Morgan fingerprint density at radius 1 is 1.25 bits per heavy atom. The molecule has 0 fully saturated rings. The predicted octanol–water partition coefficient (Wildman–Crippen LogP) is 1.96. The van der Waals surface area contributed by atoms with Crippen LogP contribution in [-0.4, -0.2) is 28.1 Å². The maximum atomic E-state index is 8.83. The van der Waals surface area contributed by atoms with Gasteiger partial charge in [0.05, 0.1) is 0 Å². The molecule has 0 saturated heterocycles. The summed E-state index contributed by atoms with van der Waals surface area (Å²) in [4.78, 5) is 10.3. The Bertz CT molecular complexity index is 654. The van der Waals surface area contributed by atoms with E-state index in [1.807, 2.05) is 37.9 Å². The van der Waals surface area contributed by atoms with Gasteiger partial charge in [0.25, 0.3) is 0 Å². The average Bonchev–Trinajstić information content (AvgIpc) is 2.46. The van der Waals surface area contributed by atoms with Gasteiger partial charge in [-0.1, -0.05) is 22.9 Å². The lowest BCUT2D eigenvalue weighted by atomic mass is 10.1. The van der Waals surface area contributed by atoms with Crippen LogP contribution in [0.25, 0.3) is 0 Å². The van der Waals surface area contributed by atoms with Crippen molar-refractivity contribution in [1.82, 2.24) is 9.97 Å². The van der Waals surface area contributed by atoms with Crippen LogP contribution in [0.5, 0.6) is 0 Å². The van der Waals surface area contributed by atoms with E-state index < -0.39 is 0 Å². The number of oxime groups is 1.